The molecule has 1 aliphatic rings. The first-order valence-electron chi connectivity index (χ1n) is 6.44. The maximum absolute atomic E-state index is 12.0. The maximum atomic E-state index is 12.0. The van der Waals surface area contributed by atoms with E-state index in [0.29, 0.717) is 13.0 Å². The predicted molar refractivity (Wildman–Crippen MR) is 69.1 cm³/mol. The van der Waals surface area contributed by atoms with Crippen LogP contribution in [0.2, 0.25) is 0 Å². The van der Waals surface area contributed by atoms with Gasteiger partial charge in [-0.2, -0.15) is 5.26 Å². The summed E-state index contributed by atoms with van der Waals surface area (Å²) in [5.41, 5.74) is -0.519. The Labute approximate surface area is 113 Å². The number of nitrogens with zero attached hydrogens (tertiary/aromatic N) is 2. The lowest BCUT2D eigenvalue weighted by atomic mass is 10.1. The lowest BCUT2D eigenvalue weighted by molar-refractivity contribution is -0.160. The molecule has 0 spiro atoms. The maximum Gasteiger partial charge on any atom is 0.323 e. The van der Waals surface area contributed by atoms with Gasteiger partial charge in [0.1, 0.15) is 18.2 Å². The molecule has 1 atom stereocenters. The molecule has 0 bridgehead atoms. The summed E-state index contributed by atoms with van der Waals surface area (Å²) in [6, 6.07) is 1.49. The number of hydrogen-bond donors (Lipinski definition) is 1. The van der Waals surface area contributed by atoms with Gasteiger partial charge in [-0.25, -0.2) is 0 Å². The first-order chi connectivity index (χ1) is 8.83. The molecule has 106 valence electrons. The van der Waals surface area contributed by atoms with Crippen molar-refractivity contribution in [2.45, 2.75) is 45.3 Å². The third-order valence-electron chi connectivity index (χ3n) is 2.75. The highest BCUT2D eigenvalue weighted by Gasteiger charge is 2.34. The summed E-state index contributed by atoms with van der Waals surface area (Å²) in [4.78, 5) is 25.4. The number of likely N-dealkylation sites (tertiary alicyclic amines) is 1. The molecular formula is C13H21N3O3. The van der Waals surface area contributed by atoms with Gasteiger partial charge < -0.3 is 10.1 Å². The summed E-state index contributed by atoms with van der Waals surface area (Å²) in [7, 11) is 0. The second kappa shape index (κ2) is 6.53. The van der Waals surface area contributed by atoms with Crippen molar-refractivity contribution in [2.75, 3.05) is 19.6 Å². The normalized spacial score (nSPS) is 19.8. The van der Waals surface area contributed by atoms with E-state index in [4.69, 9.17) is 10.00 Å². The van der Waals surface area contributed by atoms with Gasteiger partial charge in [0.25, 0.3) is 0 Å². The average Bonchev–Trinajstić information content (AvgIpc) is 2.72. The number of carbonyl (C=O) groups is 2. The van der Waals surface area contributed by atoms with E-state index in [0.717, 1.165) is 6.42 Å². The monoisotopic (exact) mass is 267 g/mol. The summed E-state index contributed by atoms with van der Waals surface area (Å²) >= 11 is 0. The fraction of sp³-hybridized carbons (Fsp3) is 0.769. The molecule has 0 aromatic rings. The van der Waals surface area contributed by atoms with Crippen molar-refractivity contribution in [2.24, 2.45) is 0 Å². The first-order valence-corrected chi connectivity index (χ1v) is 6.44. The van der Waals surface area contributed by atoms with Crippen LogP contribution in [-0.4, -0.2) is 48.1 Å². The van der Waals surface area contributed by atoms with Gasteiger partial charge >= 0.3 is 5.97 Å². The summed E-state index contributed by atoms with van der Waals surface area (Å²) in [6.45, 7) is 6.29. The third kappa shape index (κ3) is 5.26. The molecule has 1 rings (SSSR count). The Morgan fingerprint density at radius 3 is 2.74 bits per heavy atom. The number of carbonyl (C=O) groups excluding carboxylic acids is 2. The van der Waals surface area contributed by atoms with Gasteiger partial charge in [-0.1, -0.05) is 0 Å². The Hall–Kier alpha value is -1.61. The van der Waals surface area contributed by atoms with E-state index in [2.05, 4.69) is 5.32 Å². The molecule has 6 nitrogen and oxygen atoms in total. The molecule has 19 heavy (non-hydrogen) atoms. The molecular weight excluding hydrogens is 246 g/mol. The van der Waals surface area contributed by atoms with Crippen LogP contribution in [0.3, 0.4) is 0 Å². The topological polar surface area (TPSA) is 82.4 Å². The summed E-state index contributed by atoms with van der Waals surface area (Å²) < 4.78 is 5.35. The van der Waals surface area contributed by atoms with Gasteiger partial charge in [0.05, 0.1) is 12.6 Å². The van der Waals surface area contributed by atoms with E-state index >= 15 is 0 Å². The number of amides is 1. The van der Waals surface area contributed by atoms with E-state index in [1.165, 1.54) is 0 Å². The van der Waals surface area contributed by atoms with Gasteiger partial charge in [0.15, 0.2) is 0 Å². The molecule has 1 amide bonds. The molecule has 0 aromatic heterocycles. The Bertz CT molecular complexity index is 382. The van der Waals surface area contributed by atoms with Crippen LogP contribution >= 0.6 is 0 Å². The molecule has 1 fully saturated rings. The van der Waals surface area contributed by atoms with Gasteiger partial charge in [-0.05, 0) is 40.2 Å². The van der Waals surface area contributed by atoms with Crippen molar-refractivity contribution >= 4 is 11.9 Å². The van der Waals surface area contributed by atoms with Crippen LogP contribution in [0.1, 0.15) is 33.6 Å². The Kier molecular flexibility index (Phi) is 5.31. The lowest BCUT2D eigenvalue weighted by Gasteiger charge is -2.26. The largest absolute Gasteiger partial charge is 0.459 e. The summed E-state index contributed by atoms with van der Waals surface area (Å²) in [5, 5.41) is 10.9. The first kappa shape index (κ1) is 15.4. The van der Waals surface area contributed by atoms with Gasteiger partial charge in [-0.15, -0.1) is 0 Å². The van der Waals surface area contributed by atoms with Crippen molar-refractivity contribution in [3.63, 3.8) is 0 Å². The van der Waals surface area contributed by atoms with Gasteiger partial charge in [0, 0.05) is 0 Å². The highest BCUT2D eigenvalue weighted by atomic mass is 16.6. The van der Waals surface area contributed by atoms with Gasteiger partial charge in [0.2, 0.25) is 5.91 Å². The quantitative estimate of drug-likeness (QED) is 0.590. The zero-order valence-corrected chi connectivity index (χ0v) is 11.7. The van der Waals surface area contributed by atoms with E-state index in [-0.39, 0.29) is 31.0 Å². The standard InChI is InChI=1S/C13H21N3O3/c1-13(2,3)19-12(18)10-5-4-8-16(10)9-11(17)15-7-6-14/h10H,4-5,7-9H2,1-3H3,(H,15,17)/t10-/m1/s1. The van der Waals surface area contributed by atoms with Crippen molar-refractivity contribution in [3.8, 4) is 6.07 Å². The molecule has 1 N–H and O–H groups in total. The van der Waals surface area contributed by atoms with Crippen molar-refractivity contribution in [1.82, 2.24) is 10.2 Å². The minimum atomic E-state index is -0.519. The van der Waals surface area contributed by atoms with Crippen molar-refractivity contribution in [3.05, 3.63) is 0 Å². The smallest absolute Gasteiger partial charge is 0.323 e. The molecule has 0 aliphatic carbocycles. The molecule has 0 radical (unpaired) electrons. The molecule has 0 unspecified atom stereocenters. The third-order valence-corrected chi connectivity index (χ3v) is 2.75. The van der Waals surface area contributed by atoms with Crippen LogP contribution in [0, 0.1) is 11.3 Å². The minimum absolute atomic E-state index is 0.0101. The van der Waals surface area contributed by atoms with Crippen LogP contribution in [0.5, 0.6) is 0 Å². The van der Waals surface area contributed by atoms with Crippen molar-refractivity contribution < 1.29 is 14.3 Å². The number of nitriles is 1. The highest BCUT2D eigenvalue weighted by molar-refractivity contribution is 5.81. The van der Waals surface area contributed by atoms with Crippen LogP contribution in [0.25, 0.3) is 0 Å². The van der Waals surface area contributed by atoms with Crippen LogP contribution < -0.4 is 5.32 Å². The number of ether oxygens (including phenoxy) is 1. The zero-order valence-electron chi connectivity index (χ0n) is 11.7. The highest BCUT2D eigenvalue weighted by Crippen LogP contribution is 2.20. The van der Waals surface area contributed by atoms with Gasteiger partial charge in [-0.3, -0.25) is 14.5 Å². The predicted octanol–water partition coefficient (Wildman–Crippen LogP) is 0.432. The minimum Gasteiger partial charge on any atom is -0.459 e. The number of hydrogen-bond acceptors (Lipinski definition) is 5. The molecule has 1 aliphatic heterocycles. The molecule has 1 heterocycles. The fourth-order valence-corrected chi connectivity index (χ4v) is 2.03. The molecule has 1 saturated heterocycles. The van der Waals surface area contributed by atoms with Crippen LogP contribution in [0.15, 0.2) is 0 Å². The number of rotatable bonds is 4. The van der Waals surface area contributed by atoms with Crippen molar-refractivity contribution in [1.29, 1.82) is 5.26 Å². The van der Waals surface area contributed by atoms with E-state index < -0.39 is 5.60 Å². The SMILES string of the molecule is CC(C)(C)OC(=O)[C@H]1CCCN1CC(=O)NCC#N. The molecule has 0 aromatic carbocycles. The Morgan fingerprint density at radius 1 is 1.47 bits per heavy atom. The summed E-state index contributed by atoms with van der Waals surface area (Å²) in [6.07, 6.45) is 1.58. The average molecular weight is 267 g/mol. The number of nitrogens with one attached hydrogen (secondary N) is 1. The number of esters is 1. The van der Waals surface area contributed by atoms with Crippen LogP contribution in [-0.2, 0) is 14.3 Å². The van der Waals surface area contributed by atoms with E-state index in [1.807, 2.05) is 26.8 Å². The Balaban J connectivity index is 2.52. The summed E-state index contributed by atoms with van der Waals surface area (Å²) in [5.74, 6) is -0.518. The van der Waals surface area contributed by atoms with E-state index in [9.17, 15) is 9.59 Å². The lowest BCUT2D eigenvalue weighted by Crippen LogP contribution is -2.45. The fourth-order valence-electron chi connectivity index (χ4n) is 2.03. The molecule has 0 saturated carbocycles. The molecule has 6 heteroatoms. The second-order valence-electron chi connectivity index (χ2n) is 5.60. The van der Waals surface area contributed by atoms with E-state index in [1.54, 1.807) is 4.90 Å². The Morgan fingerprint density at radius 2 is 2.16 bits per heavy atom. The second-order valence-corrected chi connectivity index (χ2v) is 5.60. The zero-order chi connectivity index (χ0) is 14.5. The van der Waals surface area contributed by atoms with Crippen LogP contribution in [0.4, 0.5) is 0 Å².